The van der Waals surface area contributed by atoms with Crippen LogP contribution >= 0.6 is 0 Å². The number of nitrogens with one attached hydrogen (secondary N) is 1. The Kier molecular flexibility index (Phi) is 6.63. The average Bonchev–Trinajstić information content (AvgIpc) is 3.48. The Labute approximate surface area is 238 Å². The molecule has 1 aliphatic rings. The molecular weight excluding hydrogens is 518 g/mol. The topological polar surface area (TPSA) is 109 Å². The number of hydrogen-bond acceptors (Lipinski definition) is 6. The minimum absolute atomic E-state index is 0.0255. The minimum atomic E-state index is -0.539. The first-order valence-electron chi connectivity index (χ1n) is 14.0. The van der Waals surface area contributed by atoms with Crippen LogP contribution in [0.25, 0.3) is 44.3 Å². The number of amides is 1. The van der Waals surface area contributed by atoms with Crippen molar-refractivity contribution in [2.75, 3.05) is 0 Å². The normalized spacial score (nSPS) is 17.7. The molecule has 0 atom stereocenters. The smallest absolute Gasteiger partial charge is 0.407 e. The lowest BCUT2D eigenvalue weighted by Crippen LogP contribution is -2.41. The number of hydrogen-bond donors (Lipinski definition) is 1. The summed E-state index contributed by atoms with van der Waals surface area (Å²) in [6.07, 6.45) is 10.1. The summed E-state index contributed by atoms with van der Waals surface area (Å²) in [6, 6.07) is 10.3. The molecule has 41 heavy (non-hydrogen) atoms. The fraction of sp³-hybridized carbons (Fsp3) is 0.387. The monoisotopic (exact) mass is 553 g/mol. The van der Waals surface area contributed by atoms with Crippen LogP contribution in [0.1, 0.15) is 52.5 Å². The summed E-state index contributed by atoms with van der Waals surface area (Å²) in [5, 5.41) is 8.17. The van der Waals surface area contributed by atoms with E-state index in [0.717, 1.165) is 70.0 Å². The molecule has 1 saturated carbocycles. The number of fused-ring (bicyclic) bond motifs is 3. The molecule has 10 nitrogen and oxygen atoms in total. The molecule has 212 valence electrons. The minimum Gasteiger partial charge on any atom is -0.444 e. The molecule has 6 rings (SSSR count). The van der Waals surface area contributed by atoms with E-state index in [0.29, 0.717) is 0 Å². The van der Waals surface area contributed by atoms with E-state index in [1.807, 2.05) is 63.0 Å². The van der Waals surface area contributed by atoms with Gasteiger partial charge in [-0.2, -0.15) is 5.10 Å². The molecule has 0 spiro atoms. The van der Waals surface area contributed by atoms with Gasteiger partial charge in [-0.05, 0) is 70.2 Å². The Morgan fingerprint density at radius 3 is 2.37 bits per heavy atom. The van der Waals surface area contributed by atoms with Crippen LogP contribution in [-0.4, -0.2) is 46.6 Å². The fourth-order valence-electron chi connectivity index (χ4n) is 5.79. The zero-order valence-electron chi connectivity index (χ0n) is 24.1. The number of carbonyl (C=O) groups excluding carboxylic acids is 1. The van der Waals surface area contributed by atoms with Crippen LogP contribution in [-0.2, 0) is 18.8 Å². The molecule has 0 bridgehead atoms. The molecule has 1 fully saturated rings. The first-order chi connectivity index (χ1) is 19.6. The van der Waals surface area contributed by atoms with Crippen LogP contribution in [0.2, 0.25) is 0 Å². The Morgan fingerprint density at radius 2 is 1.71 bits per heavy atom. The van der Waals surface area contributed by atoms with Crippen molar-refractivity contribution < 1.29 is 9.53 Å². The summed E-state index contributed by atoms with van der Waals surface area (Å²) in [7, 11) is 3.69. The summed E-state index contributed by atoms with van der Waals surface area (Å²) >= 11 is 0. The second-order valence-corrected chi connectivity index (χ2v) is 11.9. The zero-order valence-corrected chi connectivity index (χ0v) is 24.1. The van der Waals surface area contributed by atoms with E-state index in [4.69, 9.17) is 4.74 Å². The summed E-state index contributed by atoms with van der Waals surface area (Å²) in [5.74, 6) is 0. The predicted octanol–water partition coefficient (Wildman–Crippen LogP) is 5.36. The molecule has 1 aromatic carbocycles. The highest BCUT2D eigenvalue weighted by molar-refractivity contribution is 6.04. The number of aromatic nitrogens is 6. The number of aryl methyl sites for hydroxylation is 2. The summed E-state index contributed by atoms with van der Waals surface area (Å²) in [6.45, 7) is 5.57. The van der Waals surface area contributed by atoms with Crippen molar-refractivity contribution in [1.29, 1.82) is 0 Å². The summed E-state index contributed by atoms with van der Waals surface area (Å²) < 4.78 is 10.8. The molecule has 0 radical (unpaired) electrons. The van der Waals surface area contributed by atoms with Gasteiger partial charge >= 0.3 is 11.8 Å². The van der Waals surface area contributed by atoms with Gasteiger partial charge in [-0.3, -0.25) is 23.8 Å². The van der Waals surface area contributed by atoms with Gasteiger partial charge in [-0.25, -0.2) is 9.59 Å². The van der Waals surface area contributed by atoms with Gasteiger partial charge in [-0.1, -0.05) is 12.1 Å². The lowest BCUT2D eigenvalue weighted by Gasteiger charge is -2.30. The van der Waals surface area contributed by atoms with E-state index >= 15 is 0 Å². The van der Waals surface area contributed by atoms with Gasteiger partial charge in [0.15, 0.2) is 0 Å². The number of alkyl carbamates (subject to hydrolysis) is 1. The van der Waals surface area contributed by atoms with Crippen molar-refractivity contribution in [2.24, 2.45) is 14.1 Å². The van der Waals surface area contributed by atoms with E-state index in [1.165, 1.54) is 0 Å². The quantitative estimate of drug-likeness (QED) is 0.321. The first kappa shape index (κ1) is 26.7. The number of ether oxygens (including phenoxy) is 1. The van der Waals surface area contributed by atoms with Gasteiger partial charge < -0.3 is 10.1 Å². The van der Waals surface area contributed by atoms with E-state index in [9.17, 15) is 9.59 Å². The van der Waals surface area contributed by atoms with Crippen molar-refractivity contribution in [2.45, 2.75) is 64.1 Å². The molecule has 0 aliphatic heterocycles. The molecule has 1 N–H and O–H groups in total. The van der Waals surface area contributed by atoms with E-state index in [-0.39, 0.29) is 17.8 Å². The number of rotatable bonds is 4. The van der Waals surface area contributed by atoms with Crippen LogP contribution in [0.3, 0.4) is 0 Å². The third-order valence-corrected chi connectivity index (χ3v) is 7.80. The van der Waals surface area contributed by atoms with Gasteiger partial charge in [-0.15, -0.1) is 0 Å². The molecule has 10 heteroatoms. The highest BCUT2D eigenvalue weighted by Crippen LogP contribution is 2.34. The third kappa shape index (κ3) is 5.21. The second-order valence-electron chi connectivity index (χ2n) is 11.9. The Morgan fingerprint density at radius 1 is 0.951 bits per heavy atom. The standard InChI is InChI=1S/C31H35N7O3/c1-31(2,3)41-29(39)35-22-8-10-23(11-9-22)38-28-24-14-19(6-13-26(24)33-17-27(28)37(5)30(38)40)20-7-12-25(32-15-20)21-16-34-36(4)18-21/h6-7,12-18,22-23H,8-11H2,1-5H3,(H,35,39)/t22-,23+. The predicted molar refractivity (Wildman–Crippen MR) is 159 cm³/mol. The molecule has 0 unspecified atom stereocenters. The molecule has 5 aromatic rings. The number of pyridine rings is 2. The zero-order chi connectivity index (χ0) is 28.9. The van der Waals surface area contributed by atoms with E-state index in [2.05, 4.69) is 32.5 Å². The van der Waals surface area contributed by atoms with Crippen molar-refractivity contribution in [3.8, 4) is 22.4 Å². The maximum Gasteiger partial charge on any atom is 0.407 e. The Bertz CT molecular complexity index is 1800. The second kappa shape index (κ2) is 10.2. The molecule has 1 aliphatic carbocycles. The van der Waals surface area contributed by atoms with Gasteiger partial charge in [0.05, 0.1) is 34.6 Å². The molecule has 1 amide bonds. The van der Waals surface area contributed by atoms with Crippen molar-refractivity contribution in [3.63, 3.8) is 0 Å². The van der Waals surface area contributed by atoms with Gasteiger partial charge in [0.1, 0.15) is 5.60 Å². The maximum absolute atomic E-state index is 13.6. The van der Waals surface area contributed by atoms with Gasteiger partial charge in [0.25, 0.3) is 0 Å². The molecule has 4 heterocycles. The van der Waals surface area contributed by atoms with Crippen molar-refractivity contribution in [3.05, 3.63) is 65.6 Å². The highest BCUT2D eigenvalue weighted by Gasteiger charge is 2.28. The van der Waals surface area contributed by atoms with Crippen LogP contribution in [0.4, 0.5) is 4.79 Å². The lowest BCUT2D eigenvalue weighted by atomic mass is 9.91. The van der Waals surface area contributed by atoms with E-state index in [1.54, 1.807) is 28.7 Å². The largest absolute Gasteiger partial charge is 0.444 e. The summed E-state index contributed by atoms with van der Waals surface area (Å²) in [4.78, 5) is 35.2. The van der Waals surface area contributed by atoms with Gasteiger partial charge in [0.2, 0.25) is 0 Å². The number of nitrogens with zero attached hydrogens (tertiary/aromatic N) is 6. The van der Waals surface area contributed by atoms with Gasteiger partial charge in [0, 0.05) is 55.1 Å². The van der Waals surface area contributed by atoms with E-state index < -0.39 is 11.7 Å². The molecule has 4 aromatic heterocycles. The number of carbonyl (C=O) groups is 1. The maximum atomic E-state index is 13.6. The highest BCUT2D eigenvalue weighted by atomic mass is 16.6. The lowest BCUT2D eigenvalue weighted by molar-refractivity contribution is 0.0488. The number of benzene rings is 1. The fourth-order valence-corrected chi connectivity index (χ4v) is 5.79. The molecular formula is C31H35N7O3. The Balaban J connectivity index is 1.32. The van der Waals surface area contributed by atoms with Crippen LogP contribution < -0.4 is 11.0 Å². The Hall–Kier alpha value is -4.47. The molecule has 0 saturated heterocycles. The van der Waals surface area contributed by atoms with Crippen molar-refractivity contribution >= 4 is 28.0 Å². The van der Waals surface area contributed by atoms with Crippen LogP contribution in [0.15, 0.2) is 59.9 Å². The average molecular weight is 554 g/mol. The first-order valence-corrected chi connectivity index (χ1v) is 14.0. The number of imidazole rings is 1. The van der Waals surface area contributed by atoms with Crippen molar-refractivity contribution in [1.82, 2.24) is 34.2 Å². The van der Waals surface area contributed by atoms with Crippen LogP contribution in [0, 0.1) is 0 Å². The third-order valence-electron chi connectivity index (χ3n) is 7.80. The van der Waals surface area contributed by atoms with Crippen LogP contribution in [0.5, 0.6) is 0 Å². The SMILES string of the molecule is Cn1cc(-c2ccc(-c3ccc4ncc5c(c4c3)n([C@H]3CC[C@@H](NC(=O)OC(C)(C)C)CC3)c(=O)n5C)cn2)cn1. The summed E-state index contributed by atoms with van der Waals surface area (Å²) in [5.41, 5.74) is 5.76.